The number of aromatic nitrogens is 2. The van der Waals surface area contributed by atoms with E-state index >= 15 is 0 Å². The molecule has 6 nitrogen and oxygen atoms in total. The number of hydrogen-bond donors (Lipinski definition) is 0. The first-order chi connectivity index (χ1) is 13.5. The third kappa shape index (κ3) is 3.21. The Morgan fingerprint density at radius 2 is 1.82 bits per heavy atom. The molecule has 0 N–H and O–H groups in total. The van der Waals surface area contributed by atoms with Crippen LogP contribution in [0.2, 0.25) is 0 Å². The third-order valence-electron chi connectivity index (χ3n) is 5.13. The lowest BCUT2D eigenvalue weighted by molar-refractivity contribution is 0.450. The van der Waals surface area contributed by atoms with Crippen molar-refractivity contribution in [3.8, 4) is 17.5 Å². The highest BCUT2D eigenvalue weighted by molar-refractivity contribution is 7.89. The van der Waals surface area contributed by atoms with Gasteiger partial charge in [0.25, 0.3) is 0 Å². The van der Waals surface area contributed by atoms with E-state index in [1.54, 1.807) is 0 Å². The zero-order valence-electron chi connectivity index (χ0n) is 15.5. The van der Waals surface area contributed by atoms with E-state index in [9.17, 15) is 8.42 Å². The zero-order chi connectivity index (χ0) is 19.7. The van der Waals surface area contributed by atoms with Crippen LogP contribution in [0.4, 0.5) is 0 Å². The predicted molar refractivity (Wildman–Crippen MR) is 106 cm³/mol. The summed E-state index contributed by atoms with van der Waals surface area (Å²) in [4.78, 5) is 4.78. The number of benzene rings is 2. The van der Waals surface area contributed by atoms with Gasteiger partial charge in [0.2, 0.25) is 10.0 Å². The molecule has 0 spiro atoms. The fraction of sp³-hybridized carbons (Fsp3) is 0.238. The molecule has 4 rings (SSSR count). The number of imidazole rings is 1. The maximum Gasteiger partial charge on any atom is 0.243 e. The maximum atomic E-state index is 13.0. The molecule has 142 valence electrons. The third-order valence-corrected chi connectivity index (χ3v) is 7.01. The van der Waals surface area contributed by atoms with E-state index in [4.69, 9.17) is 5.26 Å². The average Bonchev–Trinajstić information content (AvgIpc) is 3.35. The molecule has 1 aromatic heterocycles. The molecule has 0 bridgehead atoms. The lowest BCUT2D eigenvalue weighted by atomic mass is 10.2. The van der Waals surface area contributed by atoms with Crippen LogP contribution in [-0.4, -0.2) is 35.4 Å². The second kappa shape index (κ2) is 7.23. The van der Waals surface area contributed by atoms with Crippen molar-refractivity contribution in [2.24, 2.45) is 0 Å². The van der Waals surface area contributed by atoms with Gasteiger partial charge in [-0.2, -0.15) is 9.57 Å². The minimum Gasteiger partial charge on any atom is -0.324 e. The van der Waals surface area contributed by atoms with Gasteiger partial charge in [-0.05, 0) is 37.6 Å². The van der Waals surface area contributed by atoms with Crippen LogP contribution in [0.15, 0.2) is 65.7 Å². The smallest absolute Gasteiger partial charge is 0.243 e. The van der Waals surface area contributed by atoms with Gasteiger partial charge in [-0.15, -0.1) is 0 Å². The summed E-state index contributed by atoms with van der Waals surface area (Å²) in [6, 6.07) is 18.0. The van der Waals surface area contributed by atoms with E-state index < -0.39 is 10.0 Å². The number of nitrogens with zero attached hydrogens (tertiary/aromatic N) is 4. The molecule has 1 aliphatic rings. The molecule has 2 heterocycles. The quantitative estimate of drug-likeness (QED) is 0.682. The van der Waals surface area contributed by atoms with Crippen molar-refractivity contribution in [2.75, 3.05) is 13.1 Å². The molecule has 0 amide bonds. The van der Waals surface area contributed by atoms with Gasteiger partial charge in [-0.1, -0.05) is 30.3 Å². The maximum absolute atomic E-state index is 13.0. The molecule has 2 aromatic carbocycles. The molecule has 1 unspecified atom stereocenters. The van der Waals surface area contributed by atoms with Crippen molar-refractivity contribution in [3.05, 3.63) is 72.1 Å². The van der Waals surface area contributed by atoms with Crippen molar-refractivity contribution < 1.29 is 8.42 Å². The summed E-state index contributed by atoms with van der Waals surface area (Å²) in [6.07, 6.45) is 2.56. The zero-order valence-corrected chi connectivity index (χ0v) is 16.3. The van der Waals surface area contributed by atoms with Crippen molar-refractivity contribution in [3.63, 3.8) is 0 Å². The summed E-state index contributed by atoms with van der Waals surface area (Å²) in [7, 11) is -3.59. The van der Waals surface area contributed by atoms with Crippen LogP contribution in [0.3, 0.4) is 0 Å². The molecular weight excluding hydrogens is 372 g/mol. The van der Waals surface area contributed by atoms with Crippen LogP contribution in [-0.2, 0) is 10.0 Å². The highest BCUT2D eigenvalue weighted by atomic mass is 32.2. The average molecular weight is 392 g/mol. The Morgan fingerprint density at radius 1 is 1.11 bits per heavy atom. The first-order valence-electron chi connectivity index (χ1n) is 9.10. The van der Waals surface area contributed by atoms with E-state index in [2.05, 4.69) is 9.55 Å². The van der Waals surface area contributed by atoms with Gasteiger partial charge in [-0.25, -0.2) is 13.4 Å². The monoisotopic (exact) mass is 392 g/mol. The van der Waals surface area contributed by atoms with E-state index in [-0.39, 0.29) is 10.9 Å². The largest absolute Gasteiger partial charge is 0.324 e. The Morgan fingerprint density at radius 3 is 2.50 bits per heavy atom. The summed E-state index contributed by atoms with van der Waals surface area (Å²) in [6.45, 7) is 2.86. The summed E-state index contributed by atoms with van der Waals surface area (Å²) >= 11 is 0. The lowest BCUT2D eigenvalue weighted by Gasteiger charge is -2.20. The van der Waals surface area contributed by atoms with E-state index in [1.807, 2.05) is 49.5 Å². The highest BCUT2D eigenvalue weighted by Gasteiger charge is 2.34. The highest BCUT2D eigenvalue weighted by Crippen LogP contribution is 2.32. The Balaban J connectivity index is 1.61. The van der Waals surface area contributed by atoms with E-state index in [1.165, 1.54) is 28.6 Å². The van der Waals surface area contributed by atoms with Gasteiger partial charge in [0.1, 0.15) is 5.82 Å². The van der Waals surface area contributed by atoms with Crippen LogP contribution in [0.5, 0.6) is 0 Å². The molecule has 1 aliphatic heterocycles. The number of hydrogen-bond acceptors (Lipinski definition) is 4. The number of sulfonamides is 1. The lowest BCUT2D eigenvalue weighted by Crippen LogP contribution is -2.29. The van der Waals surface area contributed by atoms with Crippen LogP contribution >= 0.6 is 0 Å². The summed E-state index contributed by atoms with van der Waals surface area (Å²) in [5.41, 5.74) is 2.48. The Hall–Kier alpha value is -2.95. The Kier molecular flexibility index (Phi) is 4.75. The summed E-state index contributed by atoms with van der Waals surface area (Å²) < 4.78 is 29.7. The number of nitriles is 1. The molecule has 7 heteroatoms. The van der Waals surface area contributed by atoms with Gasteiger partial charge in [-0.3, -0.25) is 0 Å². The fourth-order valence-corrected chi connectivity index (χ4v) is 5.19. The van der Waals surface area contributed by atoms with Crippen molar-refractivity contribution >= 4 is 10.0 Å². The first-order valence-corrected chi connectivity index (χ1v) is 10.5. The van der Waals surface area contributed by atoms with Crippen LogP contribution in [0.1, 0.15) is 23.7 Å². The van der Waals surface area contributed by atoms with E-state index in [0.29, 0.717) is 18.7 Å². The number of aryl methyl sites for hydroxylation is 1. The molecule has 0 radical (unpaired) electrons. The van der Waals surface area contributed by atoms with Crippen molar-refractivity contribution in [1.29, 1.82) is 5.26 Å². The van der Waals surface area contributed by atoms with Gasteiger partial charge >= 0.3 is 0 Å². The minimum atomic E-state index is -3.59. The fourth-order valence-electron chi connectivity index (χ4n) is 3.70. The minimum absolute atomic E-state index is 0.0332. The number of rotatable bonds is 4. The Labute approximate surface area is 164 Å². The topological polar surface area (TPSA) is 79.0 Å². The SMILES string of the molecule is Cc1cnc(-c2ccccc2)n1C1CCN(S(=O)(=O)c2ccc(C#N)cc2)C1. The second-order valence-electron chi connectivity index (χ2n) is 6.90. The first kappa shape index (κ1) is 18.4. The molecular formula is C21H20N4O2S. The molecule has 1 atom stereocenters. The normalized spacial score (nSPS) is 17.5. The Bertz CT molecular complexity index is 1130. The van der Waals surface area contributed by atoms with Gasteiger partial charge in [0.15, 0.2) is 0 Å². The second-order valence-corrected chi connectivity index (χ2v) is 8.84. The molecule has 3 aromatic rings. The molecule has 1 saturated heterocycles. The van der Waals surface area contributed by atoms with Gasteiger partial charge < -0.3 is 4.57 Å². The summed E-state index contributed by atoms with van der Waals surface area (Å²) in [5, 5.41) is 8.91. The summed E-state index contributed by atoms with van der Waals surface area (Å²) in [5.74, 6) is 0.862. The molecule has 0 saturated carbocycles. The van der Waals surface area contributed by atoms with Gasteiger partial charge in [0, 0.05) is 30.5 Å². The molecule has 0 aliphatic carbocycles. The van der Waals surface area contributed by atoms with Crippen LogP contribution in [0.25, 0.3) is 11.4 Å². The standard InChI is InChI=1S/C21H20N4O2S/c1-16-14-23-21(18-5-3-2-4-6-18)25(16)19-11-12-24(15-19)28(26,27)20-9-7-17(13-22)8-10-20/h2-10,14,19H,11-12,15H2,1H3. The van der Waals surface area contributed by atoms with Gasteiger partial charge in [0.05, 0.1) is 22.6 Å². The van der Waals surface area contributed by atoms with Crippen LogP contribution in [0, 0.1) is 18.3 Å². The predicted octanol–water partition coefficient (Wildman–Crippen LogP) is 3.37. The van der Waals surface area contributed by atoms with Crippen LogP contribution < -0.4 is 0 Å². The molecule has 28 heavy (non-hydrogen) atoms. The van der Waals surface area contributed by atoms with Crippen molar-refractivity contribution in [1.82, 2.24) is 13.9 Å². The molecule has 1 fully saturated rings. The van der Waals surface area contributed by atoms with E-state index in [0.717, 1.165) is 23.5 Å². The van der Waals surface area contributed by atoms with Crippen molar-refractivity contribution in [2.45, 2.75) is 24.3 Å².